The second-order valence-corrected chi connectivity index (χ2v) is 9.87. The first-order chi connectivity index (χ1) is 13.3. The molecule has 2 aliphatic carbocycles. The lowest BCUT2D eigenvalue weighted by atomic mass is 9.88. The van der Waals surface area contributed by atoms with Crippen molar-refractivity contribution in [3.63, 3.8) is 0 Å². The predicted molar refractivity (Wildman–Crippen MR) is 108 cm³/mol. The van der Waals surface area contributed by atoms with Gasteiger partial charge in [0.15, 0.2) is 0 Å². The van der Waals surface area contributed by atoms with E-state index in [1.165, 1.54) is 43.4 Å². The van der Waals surface area contributed by atoms with Crippen LogP contribution in [0, 0.1) is 0 Å². The number of amides is 2. The van der Waals surface area contributed by atoms with Gasteiger partial charge in [0.05, 0.1) is 12.6 Å². The number of aliphatic hydroxyl groups is 1. The van der Waals surface area contributed by atoms with Crippen LogP contribution in [-0.4, -0.2) is 63.3 Å². The molecular formula is C22H38N2O4. The summed E-state index contributed by atoms with van der Waals surface area (Å²) in [4.78, 5) is 30.1. The highest BCUT2D eigenvalue weighted by atomic mass is 16.6. The van der Waals surface area contributed by atoms with Crippen molar-refractivity contribution in [1.82, 2.24) is 9.80 Å². The normalized spacial score (nSPS) is 27.6. The maximum Gasteiger partial charge on any atom is 0.411 e. The molecule has 28 heavy (non-hydrogen) atoms. The Labute approximate surface area is 169 Å². The largest absolute Gasteiger partial charge is 0.444 e. The second-order valence-electron chi connectivity index (χ2n) is 9.87. The Morgan fingerprint density at radius 2 is 1.43 bits per heavy atom. The van der Waals surface area contributed by atoms with Crippen molar-refractivity contribution in [2.24, 2.45) is 0 Å². The third-order valence-electron chi connectivity index (χ3n) is 6.38. The van der Waals surface area contributed by atoms with E-state index < -0.39 is 23.8 Å². The monoisotopic (exact) mass is 394 g/mol. The Morgan fingerprint density at radius 1 is 0.929 bits per heavy atom. The number of hydrogen-bond donors (Lipinski definition) is 1. The molecule has 3 rings (SSSR count). The molecule has 1 aliphatic heterocycles. The van der Waals surface area contributed by atoms with E-state index >= 15 is 0 Å². The molecule has 2 amide bonds. The zero-order chi connectivity index (χ0) is 20.3. The van der Waals surface area contributed by atoms with Crippen molar-refractivity contribution in [2.75, 3.05) is 6.54 Å². The number of hydrogen-bond acceptors (Lipinski definition) is 4. The number of β-amino-alcohol motifs (C(OH)–C–C–N with tert-alkyl or cyclic N) is 1. The molecule has 6 heteroatoms. The molecular weight excluding hydrogens is 356 g/mol. The summed E-state index contributed by atoms with van der Waals surface area (Å²) in [5.41, 5.74) is -0.620. The first kappa shape index (κ1) is 21.4. The average Bonchev–Trinajstić information content (AvgIpc) is 3.04. The van der Waals surface area contributed by atoms with E-state index in [0.717, 1.165) is 25.7 Å². The maximum atomic E-state index is 13.7. The SMILES string of the molecule is CC(C)(C)OC(=O)N1C[C@@H](O)C[C@H]1C(=O)N(C1CCCCC1)C1CCCCC1. The van der Waals surface area contributed by atoms with Crippen molar-refractivity contribution >= 4 is 12.0 Å². The minimum absolute atomic E-state index is 0.0289. The van der Waals surface area contributed by atoms with E-state index in [2.05, 4.69) is 4.90 Å². The van der Waals surface area contributed by atoms with Gasteiger partial charge in [-0.05, 0) is 46.5 Å². The summed E-state index contributed by atoms with van der Waals surface area (Å²) in [7, 11) is 0. The first-order valence-electron chi connectivity index (χ1n) is 11.3. The number of likely N-dealkylation sites (tertiary alicyclic amines) is 1. The highest BCUT2D eigenvalue weighted by molar-refractivity contribution is 5.87. The second kappa shape index (κ2) is 9.02. The molecule has 6 nitrogen and oxygen atoms in total. The summed E-state index contributed by atoms with van der Waals surface area (Å²) in [6.45, 7) is 5.65. The van der Waals surface area contributed by atoms with Crippen LogP contribution in [0.1, 0.15) is 91.4 Å². The maximum absolute atomic E-state index is 13.7. The molecule has 2 atom stereocenters. The van der Waals surface area contributed by atoms with Crippen molar-refractivity contribution in [3.8, 4) is 0 Å². The Morgan fingerprint density at radius 3 is 1.89 bits per heavy atom. The molecule has 0 spiro atoms. The molecule has 0 bridgehead atoms. The Kier molecular flexibility index (Phi) is 6.89. The van der Waals surface area contributed by atoms with Gasteiger partial charge < -0.3 is 14.7 Å². The Hall–Kier alpha value is -1.30. The first-order valence-corrected chi connectivity index (χ1v) is 11.3. The number of carbonyl (C=O) groups excluding carboxylic acids is 2. The van der Waals surface area contributed by atoms with Gasteiger partial charge in [0.2, 0.25) is 5.91 Å². The molecule has 0 unspecified atom stereocenters. The van der Waals surface area contributed by atoms with E-state index in [-0.39, 0.29) is 24.5 Å². The fourth-order valence-corrected chi connectivity index (χ4v) is 5.12. The molecule has 1 N–H and O–H groups in total. The van der Waals surface area contributed by atoms with E-state index in [9.17, 15) is 14.7 Å². The molecule has 1 saturated heterocycles. The van der Waals surface area contributed by atoms with Gasteiger partial charge in [-0.25, -0.2) is 4.79 Å². The van der Waals surface area contributed by atoms with Crippen LogP contribution in [0.15, 0.2) is 0 Å². The van der Waals surface area contributed by atoms with E-state index in [4.69, 9.17) is 4.74 Å². The van der Waals surface area contributed by atoms with Crippen LogP contribution in [0.3, 0.4) is 0 Å². The number of rotatable bonds is 3. The summed E-state index contributed by atoms with van der Waals surface area (Å²) in [5.74, 6) is 0.0289. The van der Waals surface area contributed by atoms with Crippen molar-refractivity contribution in [1.29, 1.82) is 0 Å². The third-order valence-corrected chi connectivity index (χ3v) is 6.38. The minimum Gasteiger partial charge on any atom is -0.444 e. The molecule has 3 fully saturated rings. The number of carbonyl (C=O) groups is 2. The highest BCUT2D eigenvalue weighted by Crippen LogP contribution is 2.33. The summed E-state index contributed by atoms with van der Waals surface area (Å²) in [6, 6.07) is -0.0427. The number of nitrogens with zero attached hydrogens (tertiary/aromatic N) is 2. The fraction of sp³-hybridized carbons (Fsp3) is 0.909. The number of ether oxygens (including phenoxy) is 1. The van der Waals surface area contributed by atoms with Crippen LogP contribution in [-0.2, 0) is 9.53 Å². The van der Waals surface area contributed by atoms with Crippen LogP contribution < -0.4 is 0 Å². The van der Waals surface area contributed by atoms with E-state index in [1.54, 1.807) is 0 Å². The van der Waals surface area contributed by atoms with Gasteiger partial charge in [-0.3, -0.25) is 9.69 Å². The predicted octanol–water partition coefficient (Wildman–Crippen LogP) is 3.85. The lowest BCUT2D eigenvalue weighted by Crippen LogP contribution is -2.56. The van der Waals surface area contributed by atoms with Gasteiger partial charge in [0, 0.05) is 18.5 Å². The fourth-order valence-electron chi connectivity index (χ4n) is 5.12. The summed E-state index contributed by atoms with van der Waals surface area (Å²) >= 11 is 0. The summed E-state index contributed by atoms with van der Waals surface area (Å²) in [5, 5.41) is 10.2. The number of aliphatic hydroxyl groups excluding tert-OH is 1. The highest BCUT2D eigenvalue weighted by Gasteiger charge is 2.45. The molecule has 0 aromatic rings. The molecule has 0 radical (unpaired) electrons. The zero-order valence-electron chi connectivity index (χ0n) is 17.9. The van der Waals surface area contributed by atoms with Gasteiger partial charge in [-0.1, -0.05) is 38.5 Å². The van der Waals surface area contributed by atoms with Crippen LogP contribution in [0.4, 0.5) is 4.79 Å². The molecule has 2 saturated carbocycles. The Bertz CT molecular complexity index is 529. The smallest absolute Gasteiger partial charge is 0.411 e. The average molecular weight is 395 g/mol. The van der Waals surface area contributed by atoms with Crippen molar-refractivity contribution in [3.05, 3.63) is 0 Å². The van der Waals surface area contributed by atoms with E-state index in [0.29, 0.717) is 6.42 Å². The molecule has 160 valence electrons. The molecule has 0 aromatic heterocycles. The van der Waals surface area contributed by atoms with Gasteiger partial charge >= 0.3 is 6.09 Å². The lowest BCUT2D eigenvalue weighted by molar-refractivity contribution is -0.143. The van der Waals surface area contributed by atoms with Gasteiger partial charge in [-0.2, -0.15) is 0 Å². The van der Waals surface area contributed by atoms with Gasteiger partial charge in [-0.15, -0.1) is 0 Å². The Balaban J connectivity index is 1.79. The minimum atomic E-state index is -0.666. The van der Waals surface area contributed by atoms with Crippen LogP contribution in [0.2, 0.25) is 0 Å². The van der Waals surface area contributed by atoms with Crippen LogP contribution in [0.25, 0.3) is 0 Å². The molecule has 1 heterocycles. The van der Waals surface area contributed by atoms with Gasteiger partial charge in [0.1, 0.15) is 11.6 Å². The molecule has 0 aromatic carbocycles. The summed E-state index contributed by atoms with van der Waals surface area (Å²) in [6.07, 6.45) is 10.6. The zero-order valence-corrected chi connectivity index (χ0v) is 17.9. The topological polar surface area (TPSA) is 70.1 Å². The van der Waals surface area contributed by atoms with Crippen LogP contribution >= 0.6 is 0 Å². The van der Waals surface area contributed by atoms with Gasteiger partial charge in [0.25, 0.3) is 0 Å². The lowest BCUT2D eigenvalue weighted by Gasteiger charge is -2.43. The van der Waals surface area contributed by atoms with E-state index in [1.807, 2.05) is 20.8 Å². The quantitative estimate of drug-likeness (QED) is 0.789. The van der Waals surface area contributed by atoms with Crippen LogP contribution in [0.5, 0.6) is 0 Å². The van der Waals surface area contributed by atoms with Crippen molar-refractivity contribution in [2.45, 2.75) is 121 Å². The molecule has 3 aliphatic rings. The third kappa shape index (κ3) is 5.19. The standard InChI is InChI=1S/C22H38N2O4/c1-22(2,3)28-21(27)23-15-18(25)14-19(23)20(26)24(16-10-6-4-7-11-16)17-12-8-5-9-13-17/h16-19,25H,4-15H2,1-3H3/t18-,19-/m0/s1. The van der Waals surface area contributed by atoms with Crippen molar-refractivity contribution < 1.29 is 19.4 Å². The summed E-state index contributed by atoms with van der Waals surface area (Å²) < 4.78 is 5.53.